The molecule has 0 aliphatic carbocycles. The van der Waals surface area contributed by atoms with Crippen molar-refractivity contribution in [3.8, 4) is 5.75 Å². The van der Waals surface area contributed by atoms with Crippen molar-refractivity contribution in [2.45, 2.75) is 39.1 Å². The Balaban J connectivity index is 1.75. The number of esters is 1. The van der Waals surface area contributed by atoms with Crippen molar-refractivity contribution in [1.29, 1.82) is 0 Å². The summed E-state index contributed by atoms with van der Waals surface area (Å²) in [6, 6.07) is 8.77. The Hall–Kier alpha value is -3.20. The fraction of sp³-hybridized carbons (Fsp3) is 0.364. The quantitative estimate of drug-likeness (QED) is 0.576. The number of ether oxygens (including phenoxy) is 2. The number of aromatic nitrogens is 3. The lowest BCUT2D eigenvalue weighted by atomic mass is 9.81. The van der Waals surface area contributed by atoms with Crippen molar-refractivity contribution < 1.29 is 14.3 Å². The summed E-state index contributed by atoms with van der Waals surface area (Å²) in [6.45, 7) is 6.53. The molecule has 0 spiro atoms. The van der Waals surface area contributed by atoms with Gasteiger partial charge in [0.2, 0.25) is 5.72 Å². The Morgan fingerprint density at radius 1 is 1.32 bits per heavy atom. The summed E-state index contributed by atoms with van der Waals surface area (Å²) in [4.78, 5) is 31.7. The standard InChI is InChI=1S/C22H22N4O4S/c1-4-25-11-10-13(24-25)12-16-19(27)26-18-14-8-6-7-9-15(14)30-22(3,23-21(26)31-16)17(18)20(28)29-5-2/h6-12,17-18H,4-5H2,1-3H3/b16-12+/t17-,18-,22+/m0/s1. The van der Waals surface area contributed by atoms with Crippen LogP contribution in [-0.2, 0) is 16.1 Å². The largest absolute Gasteiger partial charge is 0.466 e. The van der Waals surface area contributed by atoms with Crippen LogP contribution < -0.4 is 19.6 Å². The van der Waals surface area contributed by atoms with Crippen molar-refractivity contribution in [2.75, 3.05) is 6.61 Å². The number of rotatable bonds is 4. The van der Waals surface area contributed by atoms with E-state index in [1.807, 2.05) is 43.5 Å². The average molecular weight is 439 g/mol. The Morgan fingerprint density at radius 2 is 2.13 bits per heavy atom. The first-order valence-corrected chi connectivity index (χ1v) is 11.1. The molecule has 1 aromatic carbocycles. The first-order chi connectivity index (χ1) is 14.9. The van der Waals surface area contributed by atoms with Crippen LogP contribution in [0.5, 0.6) is 5.75 Å². The highest BCUT2D eigenvalue weighted by molar-refractivity contribution is 7.07. The van der Waals surface area contributed by atoms with Crippen LogP contribution in [-0.4, -0.2) is 32.6 Å². The molecule has 160 valence electrons. The minimum Gasteiger partial charge on any atom is -0.466 e. The number of carbonyl (C=O) groups excluding carboxylic acids is 1. The summed E-state index contributed by atoms with van der Waals surface area (Å²) in [6.07, 6.45) is 3.63. The van der Waals surface area contributed by atoms with Gasteiger partial charge in [0.15, 0.2) is 4.80 Å². The molecule has 0 radical (unpaired) electrons. The van der Waals surface area contributed by atoms with Crippen LogP contribution in [0.2, 0.25) is 0 Å². The molecule has 9 heteroatoms. The van der Waals surface area contributed by atoms with Crippen LogP contribution in [0.25, 0.3) is 6.08 Å². The van der Waals surface area contributed by atoms with E-state index in [-0.39, 0.29) is 12.2 Å². The van der Waals surface area contributed by atoms with Crippen molar-refractivity contribution >= 4 is 23.4 Å². The molecule has 2 aliphatic heterocycles. The number of hydrogen-bond acceptors (Lipinski definition) is 7. The van der Waals surface area contributed by atoms with Crippen LogP contribution in [0.3, 0.4) is 0 Å². The number of hydrogen-bond donors (Lipinski definition) is 0. The Morgan fingerprint density at radius 3 is 2.87 bits per heavy atom. The number of nitrogens with zero attached hydrogens (tertiary/aromatic N) is 4. The maximum atomic E-state index is 13.5. The van der Waals surface area contributed by atoms with Gasteiger partial charge < -0.3 is 9.47 Å². The molecule has 31 heavy (non-hydrogen) atoms. The summed E-state index contributed by atoms with van der Waals surface area (Å²) < 4.78 is 15.5. The van der Waals surface area contributed by atoms with Crippen molar-refractivity contribution in [1.82, 2.24) is 14.3 Å². The van der Waals surface area contributed by atoms with Crippen LogP contribution in [0.1, 0.15) is 38.1 Å². The zero-order chi connectivity index (χ0) is 21.8. The second-order valence-electron chi connectivity index (χ2n) is 7.65. The third-order valence-corrected chi connectivity index (χ3v) is 6.67. The number of fused-ring (bicyclic) bond motifs is 6. The molecular formula is C22H22N4O4S. The summed E-state index contributed by atoms with van der Waals surface area (Å²) in [5.41, 5.74) is 0.110. The number of thiazole rings is 1. The molecule has 0 amide bonds. The van der Waals surface area contributed by atoms with Gasteiger partial charge in [-0.3, -0.25) is 18.8 Å². The van der Waals surface area contributed by atoms with Gasteiger partial charge in [0.05, 0.1) is 22.9 Å². The van der Waals surface area contributed by atoms with E-state index in [0.29, 0.717) is 20.8 Å². The zero-order valence-electron chi connectivity index (χ0n) is 17.4. The first-order valence-electron chi connectivity index (χ1n) is 10.3. The Bertz CT molecular complexity index is 1350. The molecule has 0 saturated carbocycles. The number of aryl methyl sites for hydroxylation is 1. The van der Waals surface area contributed by atoms with Gasteiger partial charge in [-0.1, -0.05) is 29.5 Å². The van der Waals surface area contributed by atoms with E-state index in [4.69, 9.17) is 14.5 Å². The third-order valence-electron chi connectivity index (χ3n) is 5.68. The number of para-hydroxylation sites is 1. The van der Waals surface area contributed by atoms with E-state index in [2.05, 4.69) is 5.10 Å². The van der Waals surface area contributed by atoms with Crippen molar-refractivity contribution in [3.05, 3.63) is 67.5 Å². The molecule has 0 fully saturated rings. The van der Waals surface area contributed by atoms with E-state index in [0.717, 1.165) is 12.1 Å². The fourth-order valence-electron chi connectivity index (χ4n) is 4.30. The fourth-order valence-corrected chi connectivity index (χ4v) is 5.38. The highest BCUT2D eigenvalue weighted by atomic mass is 32.1. The van der Waals surface area contributed by atoms with Crippen molar-refractivity contribution in [3.63, 3.8) is 0 Å². The van der Waals surface area contributed by atoms with Gasteiger partial charge in [0.25, 0.3) is 5.56 Å². The molecule has 8 nitrogen and oxygen atoms in total. The van der Waals surface area contributed by atoms with Crippen LogP contribution in [0.4, 0.5) is 0 Å². The lowest BCUT2D eigenvalue weighted by Gasteiger charge is -2.44. The molecule has 2 aliphatic rings. The summed E-state index contributed by atoms with van der Waals surface area (Å²) >= 11 is 1.28. The number of carbonyl (C=O) groups is 1. The van der Waals surface area contributed by atoms with Gasteiger partial charge in [0, 0.05) is 18.3 Å². The molecule has 5 rings (SSSR count). The minimum atomic E-state index is -1.16. The maximum absolute atomic E-state index is 13.5. The molecule has 3 atom stereocenters. The monoisotopic (exact) mass is 438 g/mol. The van der Waals surface area contributed by atoms with Gasteiger partial charge in [-0.25, -0.2) is 4.99 Å². The highest BCUT2D eigenvalue weighted by Gasteiger charge is 2.55. The molecule has 4 heterocycles. The summed E-state index contributed by atoms with van der Waals surface area (Å²) in [5, 5.41) is 4.45. The first kappa shape index (κ1) is 19.7. The predicted molar refractivity (Wildman–Crippen MR) is 115 cm³/mol. The predicted octanol–water partition coefficient (Wildman–Crippen LogP) is 1.47. The van der Waals surface area contributed by atoms with Crippen LogP contribution in [0, 0.1) is 5.92 Å². The van der Waals surface area contributed by atoms with Crippen LogP contribution >= 0.6 is 11.3 Å². The van der Waals surface area contributed by atoms with Gasteiger partial charge in [-0.2, -0.15) is 5.10 Å². The average Bonchev–Trinajstić information content (AvgIpc) is 3.31. The topological polar surface area (TPSA) is 87.7 Å². The maximum Gasteiger partial charge on any atom is 0.317 e. The van der Waals surface area contributed by atoms with E-state index < -0.39 is 23.7 Å². The Kier molecular flexibility index (Phi) is 4.58. The molecule has 0 N–H and O–H groups in total. The minimum absolute atomic E-state index is 0.201. The lowest BCUT2D eigenvalue weighted by molar-refractivity contribution is -0.160. The smallest absolute Gasteiger partial charge is 0.317 e. The SMILES string of the molecule is CCOC(=O)[C@@H]1[C@@H]2c3ccccc3O[C@@]1(C)N=c1s/c(=C/c3ccn(CC)n3)c(=O)n12. The van der Waals surface area contributed by atoms with Gasteiger partial charge in [-0.05, 0) is 39.0 Å². The number of benzene rings is 1. The van der Waals surface area contributed by atoms with E-state index >= 15 is 0 Å². The van der Waals surface area contributed by atoms with Crippen LogP contribution in [0.15, 0.2) is 46.3 Å². The van der Waals surface area contributed by atoms with Crippen molar-refractivity contribution in [2.24, 2.45) is 10.9 Å². The Labute approximate surface area is 182 Å². The summed E-state index contributed by atoms with van der Waals surface area (Å²) in [7, 11) is 0. The van der Waals surface area contributed by atoms with E-state index in [1.54, 1.807) is 29.2 Å². The van der Waals surface area contributed by atoms with E-state index in [9.17, 15) is 9.59 Å². The normalized spacial score (nSPS) is 24.0. The molecule has 3 aromatic rings. The van der Waals surface area contributed by atoms with Gasteiger partial charge in [0.1, 0.15) is 11.7 Å². The zero-order valence-corrected chi connectivity index (χ0v) is 18.3. The van der Waals surface area contributed by atoms with E-state index in [1.165, 1.54) is 11.3 Å². The second kappa shape index (κ2) is 7.19. The highest BCUT2D eigenvalue weighted by Crippen LogP contribution is 2.47. The van der Waals surface area contributed by atoms with Gasteiger partial charge >= 0.3 is 5.97 Å². The molecular weight excluding hydrogens is 416 g/mol. The second-order valence-corrected chi connectivity index (χ2v) is 8.65. The summed E-state index contributed by atoms with van der Waals surface area (Å²) in [5.74, 6) is -0.575. The molecule has 0 unspecified atom stereocenters. The lowest BCUT2D eigenvalue weighted by Crippen LogP contribution is -2.58. The molecule has 2 aromatic heterocycles. The van der Waals surface area contributed by atoms with Gasteiger partial charge in [-0.15, -0.1) is 0 Å². The molecule has 2 bridgehead atoms. The molecule has 0 saturated heterocycles. The third kappa shape index (κ3) is 3.03.